The number of carbonyl (C=O) groups excluding carboxylic acids is 3. The molecule has 7 N–H and O–H groups in total. The number of aryl methyl sites for hydroxylation is 1. The monoisotopic (exact) mass is 635 g/mol. The Morgan fingerprint density at radius 2 is 1.95 bits per heavy atom. The Morgan fingerprint density at radius 3 is 2.64 bits per heavy atom. The molecule has 17 heteroatoms. The number of Topliss-reactive ketones (excluding diaryl/α,β-unsaturated/α-hetero) is 1. The second-order valence-electron chi connectivity index (χ2n) is 10.4. The highest BCUT2D eigenvalue weighted by Gasteiger charge is 2.53. The number of aliphatic hydroxyl groups is 1. The first-order chi connectivity index (χ1) is 20.9. The van der Waals surface area contributed by atoms with E-state index in [1.165, 1.54) is 7.11 Å². The number of thioether (sulfide) groups is 1. The van der Waals surface area contributed by atoms with Gasteiger partial charge in [-0.2, -0.15) is 0 Å². The summed E-state index contributed by atoms with van der Waals surface area (Å²) in [5, 5.41) is 34.2. The number of methoxy groups -OCH3 is 1. The van der Waals surface area contributed by atoms with E-state index in [9.17, 15) is 33.9 Å². The normalized spacial score (nSPS) is 22.8. The van der Waals surface area contributed by atoms with Crippen molar-refractivity contribution in [1.29, 1.82) is 0 Å². The molecule has 5 rings (SSSR count). The smallest absolute Gasteiger partial charge is 0.347 e. The van der Waals surface area contributed by atoms with Crippen LogP contribution in [-0.2, 0) is 30.3 Å². The summed E-state index contributed by atoms with van der Waals surface area (Å²) in [6, 6.07) is -0.993. The number of nitrogens with one attached hydrogen (secondary N) is 2. The maximum atomic E-state index is 12.8. The van der Waals surface area contributed by atoms with E-state index in [1.54, 1.807) is 6.07 Å². The van der Waals surface area contributed by atoms with Crippen molar-refractivity contribution in [2.45, 2.75) is 61.5 Å². The summed E-state index contributed by atoms with van der Waals surface area (Å²) in [6.07, 6.45) is -2.31. The van der Waals surface area contributed by atoms with E-state index >= 15 is 0 Å². The van der Waals surface area contributed by atoms with Gasteiger partial charge in [0, 0.05) is 24.7 Å². The third-order valence-corrected chi connectivity index (χ3v) is 8.87. The average Bonchev–Trinajstić information content (AvgIpc) is 3.64. The third-order valence-electron chi connectivity index (χ3n) is 7.63. The number of carboxylic acid groups (broad SMARTS) is 2. The molecule has 236 valence electrons. The zero-order chi connectivity index (χ0) is 31.9. The lowest BCUT2D eigenvalue weighted by Crippen LogP contribution is -2.50. The first-order valence-corrected chi connectivity index (χ1v) is 14.6. The minimum atomic E-state index is -1.31. The molecule has 0 saturated carbocycles. The summed E-state index contributed by atoms with van der Waals surface area (Å²) < 4.78 is 23.0. The maximum Gasteiger partial charge on any atom is 0.347 e. The number of aliphatic carboxylic acids is 2. The molecule has 44 heavy (non-hydrogen) atoms. The van der Waals surface area contributed by atoms with E-state index in [-0.39, 0.29) is 47.7 Å². The molecular formula is C27H29N3O13S. The molecule has 16 nitrogen and oxygen atoms in total. The summed E-state index contributed by atoms with van der Waals surface area (Å²) >= 11 is 0.946. The van der Waals surface area contributed by atoms with Crippen LogP contribution in [0.25, 0.3) is 11.0 Å². The van der Waals surface area contributed by atoms with E-state index in [1.807, 2.05) is 0 Å². The molecule has 2 aromatic rings. The maximum absolute atomic E-state index is 12.8. The van der Waals surface area contributed by atoms with Crippen LogP contribution in [0.3, 0.4) is 0 Å². The second kappa shape index (κ2) is 12.4. The molecule has 1 aromatic heterocycles. The van der Waals surface area contributed by atoms with Crippen molar-refractivity contribution in [3.63, 3.8) is 0 Å². The van der Waals surface area contributed by atoms with Gasteiger partial charge in [0.2, 0.25) is 18.1 Å². The van der Waals surface area contributed by atoms with Crippen LogP contribution < -0.4 is 31.5 Å². The average molecular weight is 636 g/mol. The number of amides is 2. The zero-order valence-electron chi connectivity index (χ0n) is 23.2. The number of ether oxygens (including phenoxy) is 3. The fourth-order valence-corrected chi connectivity index (χ4v) is 6.69. The molecule has 2 amide bonds. The van der Waals surface area contributed by atoms with Gasteiger partial charge in [0.05, 0.1) is 24.0 Å². The van der Waals surface area contributed by atoms with Gasteiger partial charge in [-0.1, -0.05) is 0 Å². The summed E-state index contributed by atoms with van der Waals surface area (Å²) in [4.78, 5) is 72.2. The highest BCUT2D eigenvalue weighted by atomic mass is 32.2. The van der Waals surface area contributed by atoms with Crippen LogP contribution >= 0.6 is 11.8 Å². The molecule has 0 radical (unpaired) electrons. The topological polar surface area (TPSA) is 254 Å². The third kappa shape index (κ3) is 5.82. The van der Waals surface area contributed by atoms with Gasteiger partial charge >= 0.3 is 17.6 Å². The number of carboxylic acids is 2. The van der Waals surface area contributed by atoms with Crippen LogP contribution in [0.5, 0.6) is 11.5 Å². The number of hydrogen-bond acceptors (Lipinski definition) is 13. The van der Waals surface area contributed by atoms with Gasteiger partial charge in [0.25, 0.3) is 0 Å². The van der Waals surface area contributed by atoms with Crippen molar-refractivity contribution in [3.05, 3.63) is 33.2 Å². The number of nitrogens with two attached hydrogens (primary N) is 1. The van der Waals surface area contributed by atoms with Gasteiger partial charge in [0.15, 0.2) is 5.78 Å². The molecular weight excluding hydrogens is 606 g/mol. The lowest BCUT2D eigenvalue weighted by atomic mass is 9.92. The highest BCUT2D eigenvalue weighted by Crippen LogP contribution is 2.53. The lowest BCUT2D eigenvalue weighted by molar-refractivity contribution is -0.139. The van der Waals surface area contributed by atoms with Crippen molar-refractivity contribution in [3.8, 4) is 11.5 Å². The summed E-state index contributed by atoms with van der Waals surface area (Å²) in [5.41, 5.74) is 4.58. The van der Waals surface area contributed by atoms with Crippen LogP contribution in [0.1, 0.15) is 46.7 Å². The fraction of sp³-hybridized carbons (Fsp3) is 0.481. The Hall–Kier alpha value is -4.19. The number of aliphatic hydroxyl groups excluding tert-OH is 1. The number of ketones is 1. The molecule has 1 saturated heterocycles. The molecule has 1 fully saturated rings. The second-order valence-corrected chi connectivity index (χ2v) is 11.5. The predicted molar refractivity (Wildman–Crippen MR) is 150 cm³/mol. The molecule has 2 aliphatic heterocycles. The van der Waals surface area contributed by atoms with Gasteiger partial charge in [-0.25, -0.2) is 4.79 Å². The first-order valence-electron chi connectivity index (χ1n) is 13.5. The molecule has 0 spiro atoms. The Balaban J connectivity index is 1.35. The molecule has 0 bridgehead atoms. The predicted octanol–water partition coefficient (Wildman–Crippen LogP) is -0.939. The van der Waals surface area contributed by atoms with E-state index in [2.05, 4.69) is 10.6 Å². The van der Waals surface area contributed by atoms with E-state index in [4.69, 9.17) is 34.6 Å². The van der Waals surface area contributed by atoms with Gasteiger partial charge in [-0.15, -0.1) is 11.8 Å². The van der Waals surface area contributed by atoms with E-state index in [0.29, 0.717) is 28.7 Å². The van der Waals surface area contributed by atoms with Gasteiger partial charge < -0.3 is 50.3 Å². The van der Waals surface area contributed by atoms with Crippen LogP contribution in [0, 0.1) is 0 Å². The SMILES string of the molecule is COc1cc2c(c3oc(=O)c4c(c13)CCC4=O)[C@H]1[C@@H](O2)O[C@H](SC[C@@H](NC(=O)CC[C@H](N)C(=O)O)C(=O)NCC(=O)O)[C@H]1O. The molecule has 1 aliphatic carbocycles. The quantitative estimate of drug-likeness (QED) is 0.154. The van der Waals surface area contributed by atoms with Crippen LogP contribution in [0.4, 0.5) is 0 Å². The van der Waals surface area contributed by atoms with Crippen LogP contribution in [-0.4, -0.2) is 94.2 Å². The van der Waals surface area contributed by atoms with Gasteiger partial charge in [0.1, 0.15) is 52.8 Å². The van der Waals surface area contributed by atoms with Crippen molar-refractivity contribution >= 4 is 52.3 Å². The lowest BCUT2D eigenvalue weighted by Gasteiger charge is -2.22. The zero-order valence-corrected chi connectivity index (χ0v) is 24.0. The minimum absolute atomic E-state index is 0.0259. The molecule has 1 aromatic carbocycles. The Bertz CT molecular complexity index is 1610. The highest BCUT2D eigenvalue weighted by molar-refractivity contribution is 7.99. The number of fused-ring (bicyclic) bond motifs is 7. The molecule has 6 atom stereocenters. The molecule has 3 heterocycles. The first kappa shape index (κ1) is 31.2. The Morgan fingerprint density at radius 1 is 1.20 bits per heavy atom. The number of hydrogen-bond donors (Lipinski definition) is 6. The van der Waals surface area contributed by atoms with E-state index in [0.717, 1.165) is 11.8 Å². The van der Waals surface area contributed by atoms with Crippen LogP contribution in [0.2, 0.25) is 0 Å². The van der Waals surface area contributed by atoms with Crippen LogP contribution in [0.15, 0.2) is 15.3 Å². The summed E-state index contributed by atoms with van der Waals surface area (Å²) in [6.45, 7) is -0.714. The summed E-state index contributed by atoms with van der Waals surface area (Å²) in [5.74, 6) is -4.88. The van der Waals surface area contributed by atoms with Crippen molar-refractivity contribution in [1.82, 2.24) is 10.6 Å². The number of benzene rings is 1. The molecule has 0 unspecified atom stereocenters. The van der Waals surface area contributed by atoms with Gasteiger partial charge in [-0.05, 0) is 18.4 Å². The summed E-state index contributed by atoms with van der Waals surface area (Å²) in [7, 11) is 1.42. The standard InChI is InChI=1S/C27H29N3O13S/c1-40-13-6-14-19(22-18(13)9-2-4-12(31)17(9)25(39)42-22)20-21(35)27(43-26(20)41-14)44-8-11(23(36)29-7-16(33)34)30-15(32)5-3-10(28)24(37)38/h6,10-11,20-21,26-27,35H,2-5,7-8,28H2,1H3,(H,29,36)(H,30,32)(H,33,34)(H,37,38)/t10-,11+,20+,21-,26-,27+/m0/s1. The number of carbonyl (C=O) groups is 5. The van der Waals surface area contributed by atoms with Crippen molar-refractivity contribution in [2.24, 2.45) is 5.73 Å². The van der Waals surface area contributed by atoms with E-state index < -0.39 is 71.8 Å². The minimum Gasteiger partial charge on any atom is -0.496 e. The van der Waals surface area contributed by atoms with Crippen molar-refractivity contribution < 1.29 is 57.9 Å². The number of rotatable bonds is 12. The van der Waals surface area contributed by atoms with Crippen molar-refractivity contribution in [2.75, 3.05) is 19.4 Å². The Labute approximate surface area is 252 Å². The van der Waals surface area contributed by atoms with Gasteiger partial charge in [-0.3, -0.25) is 24.0 Å². The fourth-order valence-electron chi connectivity index (χ4n) is 5.52. The Kier molecular flexibility index (Phi) is 8.83. The molecule has 3 aliphatic rings. The largest absolute Gasteiger partial charge is 0.496 e.